The molecule has 3 atom stereocenters. The maximum Gasteiger partial charge on any atom is 0.306 e. The van der Waals surface area contributed by atoms with Crippen molar-refractivity contribution in [2.75, 3.05) is 6.61 Å². The highest BCUT2D eigenvalue weighted by atomic mass is 16.5. The predicted molar refractivity (Wildman–Crippen MR) is 250 cm³/mol. The minimum atomic E-state index is -0.799. The number of aliphatic hydroxyl groups excluding tert-OH is 2. The van der Waals surface area contributed by atoms with Gasteiger partial charge in [-0.2, -0.15) is 0 Å². The molecule has 0 aliphatic heterocycles. The first-order chi connectivity index (χ1) is 28.5. The molecular weight excluding hydrogens is 719 g/mol. The molecule has 6 nitrogen and oxygen atoms in total. The zero-order valence-electron chi connectivity index (χ0n) is 38.2. The minimum Gasteiger partial charge on any atom is -0.462 e. The van der Waals surface area contributed by atoms with E-state index in [1.54, 1.807) is 0 Å². The van der Waals surface area contributed by atoms with Gasteiger partial charge in [0.15, 0.2) is 0 Å². The van der Waals surface area contributed by atoms with Gasteiger partial charge in [-0.05, 0) is 38.5 Å². The minimum absolute atomic E-state index is 0.0490. The topological polar surface area (TPSA) is 95.9 Å². The molecule has 0 fully saturated rings. The van der Waals surface area contributed by atoms with Crippen LogP contribution in [0.3, 0.4) is 0 Å². The summed E-state index contributed by atoms with van der Waals surface area (Å²) in [4.78, 5) is 26.0. The standard InChI is InChI=1S/C52H93NO5/c1-4-7-10-13-16-19-21-23-24-25-26-28-29-32-35-38-41-44-50(55)49(47-54)53-51(56)46-48(43-40-37-34-31-18-15-12-9-6-3)58-52(57)45-42-39-36-33-30-27-22-20-17-14-11-8-5-2/h8,11,14,17,20,22,27,30,33,36,48-50,54-55H,4-7,9-10,12-13,15-16,18-19,21,23-26,28-29,31-32,34-35,37-47H2,1-3H3,(H,53,56)/b11-8+,17-14+,22-20-,30-27-,36-33+. The van der Waals surface area contributed by atoms with Crippen LogP contribution in [-0.2, 0) is 14.3 Å². The predicted octanol–water partition coefficient (Wildman–Crippen LogP) is 14.5. The van der Waals surface area contributed by atoms with Gasteiger partial charge in [0.25, 0.3) is 0 Å². The van der Waals surface area contributed by atoms with Gasteiger partial charge in [0, 0.05) is 6.42 Å². The van der Waals surface area contributed by atoms with Gasteiger partial charge in [-0.1, -0.05) is 242 Å². The molecule has 0 heterocycles. The zero-order chi connectivity index (χ0) is 42.4. The average Bonchev–Trinajstić information content (AvgIpc) is 3.22. The second kappa shape index (κ2) is 45.6. The highest BCUT2D eigenvalue weighted by Gasteiger charge is 2.24. The molecule has 0 aromatic carbocycles. The summed E-state index contributed by atoms with van der Waals surface area (Å²) >= 11 is 0. The number of ether oxygens (including phenoxy) is 1. The Morgan fingerprint density at radius 1 is 0.517 bits per heavy atom. The maximum absolute atomic E-state index is 13.1. The number of aliphatic hydroxyl groups is 2. The Labute approximate surface area is 358 Å². The molecule has 0 aromatic rings. The van der Waals surface area contributed by atoms with Crippen molar-refractivity contribution < 1.29 is 24.5 Å². The molecule has 0 aromatic heterocycles. The quantitative estimate of drug-likeness (QED) is 0.0324. The second-order valence-electron chi connectivity index (χ2n) is 16.6. The van der Waals surface area contributed by atoms with Crippen LogP contribution in [0, 0.1) is 0 Å². The SMILES string of the molecule is CC/C=C/C=C/C=C\C=C/C=C/CCCC(=O)OC(CCCCCCCCCCC)CC(=O)NC(CO)C(O)CCCCCCCCCCCCCCCCCCC. The molecule has 0 saturated heterocycles. The number of amides is 1. The summed E-state index contributed by atoms with van der Waals surface area (Å²) in [5.41, 5.74) is 0. The molecule has 0 aliphatic carbocycles. The summed E-state index contributed by atoms with van der Waals surface area (Å²) in [6.07, 6.45) is 55.8. The highest BCUT2D eigenvalue weighted by Crippen LogP contribution is 2.18. The molecule has 0 saturated carbocycles. The normalized spacial score (nSPS) is 13.8. The lowest BCUT2D eigenvalue weighted by Crippen LogP contribution is -2.46. The van der Waals surface area contributed by atoms with Crippen molar-refractivity contribution >= 4 is 11.9 Å². The third-order valence-electron chi connectivity index (χ3n) is 11.0. The van der Waals surface area contributed by atoms with E-state index in [1.807, 2.05) is 54.7 Å². The van der Waals surface area contributed by atoms with Crippen LogP contribution in [0.2, 0.25) is 0 Å². The van der Waals surface area contributed by atoms with Crippen molar-refractivity contribution in [3.05, 3.63) is 60.8 Å². The van der Waals surface area contributed by atoms with Crippen LogP contribution in [0.4, 0.5) is 0 Å². The molecule has 0 spiro atoms. The maximum atomic E-state index is 13.1. The number of hydrogen-bond donors (Lipinski definition) is 3. The van der Waals surface area contributed by atoms with Crippen LogP contribution in [0.5, 0.6) is 0 Å². The second-order valence-corrected chi connectivity index (χ2v) is 16.6. The number of unbranched alkanes of at least 4 members (excludes halogenated alkanes) is 25. The van der Waals surface area contributed by atoms with Gasteiger partial charge < -0.3 is 20.3 Å². The van der Waals surface area contributed by atoms with Crippen molar-refractivity contribution in [1.29, 1.82) is 0 Å². The summed E-state index contributed by atoms with van der Waals surface area (Å²) < 4.78 is 5.86. The van der Waals surface area contributed by atoms with Gasteiger partial charge in [0.05, 0.1) is 25.2 Å². The summed E-state index contributed by atoms with van der Waals surface area (Å²) in [5, 5.41) is 23.7. The first-order valence-corrected chi connectivity index (χ1v) is 24.6. The summed E-state index contributed by atoms with van der Waals surface area (Å²) in [5.74, 6) is -0.562. The van der Waals surface area contributed by atoms with E-state index in [-0.39, 0.29) is 24.9 Å². The van der Waals surface area contributed by atoms with Gasteiger partial charge in [-0.15, -0.1) is 0 Å². The van der Waals surface area contributed by atoms with Crippen LogP contribution in [0.25, 0.3) is 0 Å². The molecule has 1 amide bonds. The third kappa shape index (κ3) is 40.3. The Bertz CT molecular complexity index is 1050. The van der Waals surface area contributed by atoms with Crippen molar-refractivity contribution in [3.8, 4) is 0 Å². The molecule has 6 heteroatoms. The van der Waals surface area contributed by atoms with Crippen molar-refractivity contribution in [2.24, 2.45) is 0 Å². The van der Waals surface area contributed by atoms with E-state index in [4.69, 9.17) is 4.74 Å². The Morgan fingerprint density at radius 3 is 1.34 bits per heavy atom. The molecule has 58 heavy (non-hydrogen) atoms. The number of hydrogen-bond acceptors (Lipinski definition) is 5. The fourth-order valence-corrected chi connectivity index (χ4v) is 7.28. The van der Waals surface area contributed by atoms with Crippen LogP contribution >= 0.6 is 0 Å². The van der Waals surface area contributed by atoms with Gasteiger partial charge in [0.2, 0.25) is 5.91 Å². The Hall–Kier alpha value is -2.44. The highest BCUT2D eigenvalue weighted by molar-refractivity contribution is 5.77. The average molecular weight is 812 g/mol. The Balaban J connectivity index is 4.52. The number of carbonyl (C=O) groups excluding carboxylic acids is 2. The molecule has 0 radical (unpaired) electrons. The summed E-state index contributed by atoms with van der Waals surface area (Å²) in [7, 11) is 0. The van der Waals surface area contributed by atoms with Gasteiger partial charge in [-0.25, -0.2) is 0 Å². The van der Waals surface area contributed by atoms with Crippen molar-refractivity contribution in [2.45, 2.75) is 251 Å². The number of nitrogens with one attached hydrogen (secondary N) is 1. The lowest BCUT2D eigenvalue weighted by Gasteiger charge is -2.24. The van der Waals surface area contributed by atoms with Crippen LogP contribution in [0.15, 0.2) is 60.8 Å². The van der Waals surface area contributed by atoms with Crippen LogP contribution < -0.4 is 5.32 Å². The number of carbonyl (C=O) groups is 2. The van der Waals surface area contributed by atoms with E-state index in [2.05, 4.69) is 32.2 Å². The van der Waals surface area contributed by atoms with Crippen LogP contribution in [-0.4, -0.2) is 46.9 Å². The van der Waals surface area contributed by atoms with E-state index in [0.29, 0.717) is 25.7 Å². The molecule has 336 valence electrons. The molecule has 0 rings (SSSR count). The third-order valence-corrected chi connectivity index (χ3v) is 11.0. The van der Waals surface area contributed by atoms with Gasteiger partial charge in [0.1, 0.15) is 6.10 Å². The molecule has 0 aliphatic rings. The van der Waals surface area contributed by atoms with Crippen LogP contribution in [0.1, 0.15) is 233 Å². The van der Waals surface area contributed by atoms with Crippen molar-refractivity contribution in [3.63, 3.8) is 0 Å². The van der Waals surface area contributed by atoms with E-state index in [0.717, 1.165) is 51.4 Å². The zero-order valence-corrected chi connectivity index (χ0v) is 38.2. The van der Waals surface area contributed by atoms with E-state index in [1.165, 1.54) is 128 Å². The lowest BCUT2D eigenvalue weighted by molar-refractivity contribution is -0.151. The largest absolute Gasteiger partial charge is 0.462 e. The molecule has 3 N–H and O–H groups in total. The number of rotatable bonds is 43. The fourth-order valence-electron chi connectivity index (χ4n) is 7.28. The lowest BCUT2D eigenvalue weighted by atomic mass is 10.0. The molecule has 0 bridgehead atoms. The summed E-state index contributed by atoms with van der Waals surface area (Å²) in [6.45, 7) is 6.31. The monoisotopic (exact) mass is 812 g/mol. The van der Waals surface area contributed by atoms with E-state index < -0.39 is 18.2 Å². The Morgan fingerprint density at radius 2 is 0.914 bits per heavy atom. The first kappa shape index (κ1) is 55.6. The first-order valence-electron chi connectivity index (χ1n) is 24.6. The molecular formula is C52H93NO5. The number of esters is 1. The fraction of sp³-hybridized carbons (Fsp3) is 0.769. The van der Waals surface area contributed by atoms with E-state index >= 15 is 0 Å². The number of allylic oxidation sites excluding steroid dienone is 10. The van der Waals surface area contributed by atoms with Gasteiger partial charge in [-0.3, -0.25) is 9.59 Å². The smallest absolute Gasteiger partial charge is 0.306 e. The van der Waals surface area contributed by atoms with Crippen molar-refractivity contribution in [1.82, 2.24) is 5.32 Å². The van der Waals surface area contributed by atoms with E-state index in [9.17, 15) is 19.8 Å². The Kier molecular flexibility index (Phi) is 43.7. The van der Waals surface area contributed by atoms with Gasteiger partial charge >= 0.3 is 5.97 Å². The summed E-state index contributed by atoms with van der Waals surface area (Å²) in [6, 6.07) is -0.714. The molecule has 3 unspecified atom stereocenters.